The van der Waals surface area contributed by atoms with Gasteiger partial charge in [0.05, 0.1) is 16.0 Å². The van der Waals surface area contributed by atoms with Crippen molar-refractivity contribution in [2.75, 3.05) is 11.9 Å². The van der Waals surface area contributed by atoms with Crippen LogP contribution in [0.3, 0.4) is 0 Å². The monoisotopic (exact) mass is 346 g/mol. The van der Waals surface area contributed by atoms with Crippen LogP contribution >= 0.6 is 0 Å². The second kappa shape index (κ2) is 6.84. The van der Waals surface area contributed by atoms with Gasteiger partial charge in [-0.3, -0.25) is 14.7 Å². The molecule has 0 aliphatic carbocycles. The predicted octanol–water partition coefficient (Wildman–Crippen LogP) is 4.56. The van der Waals surface area contributed by atoms with Crippen LogP contribution in [0.4, 0.5) is 20.2 Å². The third kappa shape index (κ3) is 3.42. The Morgan fingerprint density at radius 2 is 1.88 bits per heavy atom. The van der Waals surface area contributed by atoms with Gasteiger partial charge in [0.2, 0.25) is 0 Å². The van der Waals surface area contributed by atoms with E-state index in [0.29, 0.717) is 29.1 Å². The minimum atomic E-state index is -2.68. The van der Waals surface area contributed by atoms with Gasteiger partial charge in [-0.1, -0.05) is 19.1 Å². The molecule has 0 saturated heterocycles. The number of hydrogen-bond acceptors (Lipinski definition) is 4. The van der Waals surface area contributed by atoms with E-state index in [1.54, 1.807) is 43.3 Å². The summed E-state index contributed by atoms with van der Waals surface area (Å²) >= 11 is 0. The Hall–Kier alpha value is -3.03. The fourth-order valence-electron chi connectivity index (χ4n) is 2.68. The maximum atomic E-state index is 13.5. The van der Waals surface area contributed by atoms with Gasteiger partial charge in [-0.25, -0.2) is 4.98 Å². The molecule has 3 aromatic rings. The zero-order valence-electron chi connectivity index (χ0n) is 13.4. The fourth-order valence-corrected chi connectivity index (χ4v) is 2.68. The zero-order chi connectivity index (χ0) is 18.0. The summed E-state index contributed by atoms with van der Waals surface area (Å²) in [6, 6.07) is 12.7. The number of aromatic nitrogens is 2. The van der Waals surface area contributed by atoms with E-state index in [2.05, 4.69) is 10.3 Å². The van der Waals surface area contributed by atoms with Crippen LogP contribution in [0.2, 0.25) is 0 Å². The smallest absolute Gasteiger partial charge is 0.320 e. The molecule has 0 unspecified atom stereocenters. The minimum absolute atomic E-state index is 0.00177. The lowest BCUT2D eigenvalue weighted by Crippen LogP contribution is -2.15. The average molecular weight is 346 g/mol. The highest BCUT2D eigenvalue weighted by atomic mass is 19.3. The van der Waals surface area contributed by atoms with Crippen LogP contribution in [-0.4, -0.2) is 21.0 Å². The van der Waals surface area contributed by atoms with E-state index in [0.717, 1.165) is 4.57 Å². The Morgan fingerprint density at radius 1 is 1.20 bits per heavy atom. The highest BCUT2D eigenvalue weighted by molar-refractivity contribution is 5.76. The Kier molecular flexibility index (Phi) is 4.60. The number of nitro groups is 1. The van der Waals surface area contributed by atoms with Crippen molar-refractivity contribution < 1.29 is 13.7 Å². The topological polar surface area (TPSA) is 73.0 Å². The third-order valence-electron chi connectivity index (χ3n) is 3.95. The highest BCUT2D eigenvalue weighted by Crippen LogP contribution is 2.28. The number of non-ortho nitro benzene ring substituents is 1. The number of halogens is 2. The first-order valence-corrected chi connectivity index (χ1v) is 7.70. The van der Waals surface area contributed by atoms with Gasteiger partial charge in [0.25, 0.3) is 5.69 Å². The molecule has 0 radical (unpaired) electrons. The van der Waals surface area contributed by atoms with Gasteiger partial charge in [0.15, 0.2) is 0 Å². The largest absolute Gasteiger partial charge is 0.384 e. The first-order valence-electron chi connectivity index (χ1n) is 7.70. The molecule has 0 spiro atoms. The van der Waals surface area contributed by atoms with Crippen molar-refractivity contribution in [3.63, 3.8) is 0 Å². The Balaban J connectivity index is 1.79. The van der Waals surface area contributed by atoms with E-state index >= 15 is 0 Å². The van der Waals surface area contributed by atoms with Crippen LogP contribution in [0.5, 0.6) is 0 Å². The molecule has 25 heavy (non-hydrogen) atoms. The van der Waals surface area contributed by atoms with Crippen molar-refractivity contribution in [3.8, 4) is 0 Å². The van der Waals surface area contributed by atoms with Crippen molar-refractivity contribution >= 4 is 22.4 Å². The number of fused-ring (bicyclic) bond motifs is 1. The summed E-state index contributed by atoms with van der Waals surface area (Å²) in [5.41, 5.74) is 1.60. The van der Waals surface area contributed by atoms with Gasteiger partial charge < -0.3 is 5.32 Å². The molecule has 0 fully saturated rings. The molecule has 1 N–H and O–H groups in total. The summed E-state index contributed by atoms with van der Waals surface area (Å²) in [5, 5.41) is 13.8. The zero-order valence-corrected chi connectivity index (χ0v) is 13.4. The molecule has 0 aliphatic heterocycles. The Labute approximate surface area is 142 Å². The minimum Gasteiger partial charge on any atom is -0.384 e. The number of nitrogens with one attached hydrogen (secondary N) is 1. The number of anilines is 1. The van der Waals surface area contributed by atoms with Gasteiger partial charge in [-0.15, -0.1) is 0 Å². The summed E-state index contributed by atoms with van der Waals surface area (Å²) in [4.78, 5) is 14.5. The van der Waals surface area contributed by atoms with E-state index in [4.69, 9.17) is 0 Å². The molecule has 1 heterocycles. The van der Waals surface area contributed by atoms with Gasteiger partial charge in [0.1, 0.15) is 5.82 Å². The molecule has 6 nitrogen and oxygen atoms in total. The number of benzene rings is 2. The van der Waals surface area contributed by atoms with E-state index in [1.165, 1.54) is 12.1 Å². The molecule has 0 bridgehead atoms. The first kappa shape index (κ1) is 16.8. The van der Waals surface area contributed by atoms with Crippen molar-refractivity contribution in [2.45, 2.75) is 19.4 Å². The van der Waals surface area contributed by atoms with Crippen molar-refractivity contribution in [1.82, 2.24) is 9.55 Å². The summed E-state index contributed by atoms with van der Waals surface area (Å²) in [5.74, 6) is 0.0159. The second-order valence-corrected chi connectivity index (χ2v) is 5.69. The van der Waals surface area contributed by atoms with Crippen molar-refractivity contribution in [3.05, 3.63) is 64.5 Å². The fraction of sp³-hybridized carbons (Fsp3) is 0.235. The highest BCUT2D eigenvalue weighted by Gasteiger charge is 2.21. The second-order valence-electron chi connectivity index (χ2n) is 5.69. The number of hydrogen-bond donors (Lipinski definition) is 1. The molecule has 0 saturated carbocycles. The molecular weight excluding hydrogens is 330 g/mol. The quantitative estimate of drug-likeness (QED) is 0.525. The SMILES string of the molecule is C[C@@H](CNc1ccc([N+](=O)[O-])cc1)c1nc2ccccc2n1C(F)F. The molecule has 1 aromatic heterocycles. The number of nitrogens with zero attached hydrogens (tertiary/aromatic N) is 3. The number of alkyl halides is 2. The lowest BCUT2D eigenvalue weighted by molar-refractivity contribution is -0.384. The molecule has 1 atom stereocenters. The Bertz CT molecular complexity index is 893. The first-order chi connectivity index (χ1) is 12.0. The van der Waals surface area contributed by atoms with E-state index in [1.807, 2.05) is 0 Å². The van der Waals surface area contributed by atoms with Crippen LogP contribution < -0.4 is 5.32 Å². The molecular formula is C17H16F2N4O2. The third-order valence-corrected chi connectivity index (χ3v) is 3.95. The number of para-hydroxylation sites is 2. The summed E-state index contributed by atoms with van der Waals surface area (Å²) < 4.78 is 27.9. The van der Waals surface area contributed by atoms with Crippen LogP contribution in [0.1, 0.15) is 25.2 Å². The average Bonchev–Trinajstić information content (AvgIpc) is 2.99. The Morgan fingerprint density at radius 3 is 2.52 bits per heavy atom. The molecule has 8 heteroatoms. The van der Waals surface area contributed by atoms with E-state index < -0.39 is 11.5 Å². The van der Waals surface area contributed by atoms with E-state index in [-0.39, 0.29) is 11.6 Å². The summed E-state index contributed by atoms with van der Waals surface area (Å²) in [6.07, 6.45) is 0. The van der Waals surface area contributed by atoms with Gasteiger partial charge in [0, 0.05) is 30.3 Å². The van der Waals surface area contributed by atoms with Crippen molar-refractivity contribution in [1.29, 1.82) is 0 Å². The van der Waals surface area contributed by atoms with Gasteiger partial charge >= 0.3 is 6.55 Å². The predicted molar refractivity (Wildman–Crippen MR) is 91.0 cm³/mol. The summed E-state index contributed by atoms with van der Waals surface area (Å²) in [6.45, 7) is -0.504. The number of nitro benzene ring substituents is 1. The maximum Gasteiger partial charge on any atom is 0.320 e. The lowest BCUT2D eigenvalue weighted by atomic mass is 10.1. The van der Waals surface area contributed by atoms with Crippen LogP contribution in [0.15, 0.2) is 48.5 Å². The van der Waals surface area contributed by atoms with E-state index in [9.17, 15) is 18.9 Å². The van der Waals surface area contributed by atoms with Crippen molar-refractivity contribution in [2.24, 2.45) is 0 Å². The number of rotatable bonds is 6. The molecule has 2 aromatic carbocycles. The molecule has 0 amide bonds. The summed E-state index contributed by atoms with van der Waals surface area (Å²) in [7, 11) is 0. The maximum absolute atomic E-state index is 13.5. The normalized spacial score (nSPS) is 12.5. The molecule has 130 valence electrons. The standard InChI is InChI=1S/C17H16F2N4O2/c1-11(10-20-12-6-8-13(9-7-12)23(24)25)16-21-14-4-2-3-5-15(14)22(16)17(18)19/h2-9,11,17,20H,10H2,1H3/t11-/m0/s1. The van der Waals surface area contributed by atoms with Gasteiger partial charge in [-0.05, 0) is 24.3 Å². The van der Waals surface area contributed by atoms with Crippen LogP contribution in [0, 0.1) is 10.1 Å². The molecule has 3 rings (SSSR count). The number of imidazole rings is 1. The van der Waals surface area contributed by atoms with Gasteiger partial charge in [-0.2, -0.15) is 8.78 Å². The van der Waals surface area contributed by atoms with Crippen LogP contribution in [-0.2, 0) is 0 Å². The molecule has 0 aliphatic rings. The lowest BCUT2D eigenvalue weighted by Gasteiger charge is -2.15. The van der Waals surface area contributed by atoms with Crippen LogP contribution in [0.25, 0.3) is 11.0 Å².